The summed E-state index contributed by atoms with van der Waals surface area (Å²) in [7, 11) is 0. The predicted molar refractivity (Wildman–Crippen MR) is 81.1 cm³/mol. The first kappa shape index (κ1) is 22.3. The van der Waals surface area contributed by atoms with Crippen molar-refractivity contribution in [1.82, 2.24) is 0 Å². The third-order valence-corrected chi connectivity index (χ3v) is 3.09. The van der Waals surface area contributed by atoms with Crippen molar-refractivity contribution < 1.29 is 36.4 Å². The Labute approximate surface area is 140 Å². The van der Waals surface area contributed by atoms with E-state index < -0.39 is 5.97 Å². The number of carboxylic acids is 1. The SMILES string of the molecule is N[C@@H]1CCCC[C@H]1N.O.O=C(O)C=Cc1ccccc1.[Pt]. The van der Waals surface area contributed by atoms with Gasteiger partial charge < -0.3 is 22.1 Å². The molecule has 7 N–H and O–H groups in total. The number of carboxylic acid groups (broad SMARTS) is 1. The largest absolute Gasteiger partial charge is 0.478 e. The second-order valence-electron chi connectivity index (χ2n) is 4.69. The molecule has 0 bridgehead atoms. The molecule has 122 valence electrons. The number of rotatable bonds is 2. The Morgan fingerprint density at radius 2 is 1.57 bits per heavy atom. The Morgan fingerprint density at radius 1 is 1.10 bits per heavy atom. The van der Waals surface area contributed by atoms with Gasteiger partial charge in [0.2, 0.25) is 0 Å². The Hall–Kier alpha value is -1.00. The molecule has 2 rings (SSSR count). The zero-order valence-corrected chi connectivity index (χ0v) is 14.1. The Bertz CT molecular complexity index is 403. The van der Waals surface area contributed by atoms with Gasteiger partial charge in [0, 0.05) is 39.2 Å². The summed E-state index contributed by atoms with van der Waals surface area (Å²) in [6.07, 6.45) is 7.48. The molecule has 0 radical (unpaired) electrons. The molecule has 1 aliphatic rings. The van der Waals surface area contributed by atoms with Gasteiger partial charge >= 0.3 is 5.97 Å². The van der Waals surface area contributed by atoms with E-state index in [1.54, 1.807) is 6.08 Å². The van der Waals surface area contributed by atoms with Gasteiger partial charge in [-0.3, -0.25) is 0 Å². The first-order chi connectivity index (χ1) is 9.09. The molecule has 0 spiro atoms. The van der Waals surface area contributed by atoms with Crippen molar-refractivity contribution in [1.29, 1.82) is 0 Å². The molecular weight excluding hydrogens is 451 g/mol. The van der Waals surface area contributed by atoms with Gasteiger partial charge in [-0.25, -0.2) is 4.79 Å². The summed E-state index contributed by atoms with van der Waals surface area (Å²) >= 11 is 0. The average molecular weight is 475 g/mol. The molecule has 1 fully saturated rings. The summed E-state index contributed by atoms with van der Waals surface area (Å²) in [5, 5.41) is 8.29. The Kier molecular flexibility index (Phi) is 13.5. The zero-order chi connectivity index (χ0) is 14.1. The predicted octanol–water partition coefficient (Wildman–Crippen LogP) is 1.17. The minimum atomic E-state index is -0.922. The number of benzene rings is 1. The van der Waals surface area contributed by atoms with Crippen LogP contribution < -0.4 is 11.5 Å². The molecular formula is C15H24N2O3Pt. The molecule has 0 unspecified atom stereocenters. The van der Waals surface area contributed by atoms with Gasteiger partial charge in [-0.2, -0.15) is 0 Å². The van der Waals surface area contributed by atoms with E-state index in [2.05, 4.69) is 0 Å². The van der Waals surface area contributed by atoms with Crippen LogP contribution in [0.25, 0.3) is 6.08 Å². The van der Waals surface area contributed by atoms with Crippen LogP contribution in [0.5, 0.6) is 0 Å². The topological polar surface area (TPSA) is 121 Å². The fourth-order valence-electron chi connectivity index (χ4n) is 1.92. The van der Waals surface area contributed by atoms with Crippen LogP contribution in [0.15, 0.2) is 36.4 Å². The van der Waals surface area contributed by atoms with Crippen LogP contribution in [0.3, 0.4) is 0 Å². The van der Waals surface area contributed by atoms with Gasteiger partial charge in [-0.05, 0) is 24.5 Å². The molecule has 1 aromatic carbocycles. The number of hydrogen-bond acceptors (Lipinski definition) is 3. The fraction of sp³-hybridized carbons (Fsp3) is 0.400. The minimum Gasteiger partial charge on any atom is -0.478 e. The average Bonchev–Trinajstić information content (AvgIpc) is 2.42. The summed E-state index contributed by atoms with van der Waals surface area (Å²) in [6, 6.07) is 9.87. The first-order valence-electron chi connectivity index (χ1n) is 6.57. The molecule has 2 atom stereocenters. The molecule has 0 heterocycles. The van der Waals surface area contributed by atoms with Crippen LogP contribution in [0.4, 0.5) is 0 Å². The maximum Gasteiger partial charge on any atom is 0.328 e. The van der Waals surface area contributed by atoms with Crippen molar-refractivity contribution in [3.05, 3.63) is 42.0 Å². The van der Waals surface area contributed by atoms with Crippen molar-refractivity contribution in [2.24, 2.45) is 11.5 Å². The van der Waals surface area contributed by atoms with Gasteiger partial charge in [-0.15, -0.1) is 0 Å². The molecule has 6 heteroatoms. The van der Waals surface area contributed by atoms with E-state index in [0.717, 1.165) is 24.5 Å². The second kappa shape index (κ2) is 12.7. The Morgan fingerprint density at radius 3 is 1.95 bits per heavy atom. The number of hydrogen-bond donors (Lipinski definition) is 3. The standard InChI is InChI=1S/C9H8O2.C6H14N2.H2O.Pt/c10-9(11)7-6-8-4-2-1-3-5-8;7-5-3-1-2-4-6(5)8;;/h1-7H,(H,10,11);5-6H,1-4,7-8H2;1H2;/t;5-,6-;;/m.1../s1. The van der Waals surface area contributed by atoms with E-state index in [1.807, 2.05) is 30.3 Å². The van der Waals surface area contributed by atoms with E-state index in [9.17, 15) is 4.79 Å². The maximum absolute atomic E-state index is 10.1. The van der Waals surface area contributed by atoms with Crippen molar-refractivity contribution in [2.45, 2.75) is 37.8 Å². The van der Waals surface area contributed by atoms with Gasteiger partial charge in [0.1, 0.15) is 0 Å². The van der Waals surface area contributed by atoms with Crippen LogP contribution in [0.2, 0.25) is 0 Å². The van der Waals surface area contributed by atoms with Crippen LogP contribution in [0.1, 0.15) is 31.2 Å². The second-order valence-corrected chi connectivity index (χ2v) is 4.69. The fourth-order valence-corrected chi connectivity index (χ4v) is 1.92. The third kappa shape index (κ3) is 10.4. The summed E-state index contributed by atoms with van der Waals surface area (Å²) in [6.45, 7) is 0. The van der Waals surface area contributed by atoms with Gasteiger partial charge in [0.25, 0.3) is 0 Å². The van der Waals surface area contributed by atoms with E-state index in [0.29, 0.717) is 0 Å². The van der Waals surface area contributed by atoms with Crippen LogP contribution >= 0.6 is 0 Å². The van der Waals surface area contributed by atoms with Crippen LogP contribution in [-0.4, -0.2) is 28.6 Å². The summed E-state index contributed by atoms with van der Waals surface area (Å²) in [5.41, 5.74) is 12.2. The normalized spacial score (nSPS) is 20.5. The maximum atomic E-state index is 10.1. The van der Waals surface area contributed by atoms with E-state index in [4.69, 9.17) is 16.6 Å². The smallest absolute Gasteiger partial charge is 0.328 e. The summed E-state index contributed by atoms with van der Waals surface area (Å²) in [5.74, 6) is -0.922. The molecule has 0 aliphatic heterocycles. The molecule has 0 aromatic heterocycles. The molecule has 21 heavy (non-hydrogen) atoms. The third-order valence-electron chi connectivity index (χ3n) is 3.09. The van der Waals surface area contributed by atoms with Crippen molar-refractivity contribution in [3.8, 4) is 0 Å². The molecule has 5 nitrogen and oxygen atoms in total. The first-order valence-corrected chi connectivity index (χ1v) is 6.57. The van der Waals surface area contributed by atoms with Gasteiger partial charge in [0.15, 0.2) is 0 Å². The molecule has 0 saturated heterocycles. The van der Waals surface area contributed by atoms with Crippen molar-refractivity contribution in [3.63, 3.8) is 0 Å². The summed E-state index contributed by atoms with van der Waals surface area (Å²) in [4.78, 5) is 10.1. The zero-order valence-electron chi connectivity index (χ0n) is 11.9. The van der Waals surface area contributed by atoms with Gasteiger partial charge in [-0.1, -0.05) is 43.2 Å². The van der Waals surface area contributed by atoms with Crippen molar-refractivity contribution in [2.75, 3.05) is 0 Å². The van der Waals surface area contributed by atoms with Crippen molar-refractivity contribution >= 4 is 12.0 Å². The van der Waals surface area contributed by atoms with Crippen LogP contribution in [0, 0.1) is 0 Å². The summed E-state index contributed by atoms with van der Waals surface area (Å²) < 4.78 is 0. The molecule has 1 saturated carbocycles. The quantitative estimate of drug-likeness (QED) is 0.556. The van der Waals surface area contributed by atoms with E-state index in [-0.39, 0.29) is 38.6 Å². The minimum absolute atomic E-state index is 0. The number of nitrogens with two attached hydrogens (primary N) is 2. The molecule has 0 amide bonds. The van der Waals surface area contributed by atoms with Gasteiger partial charge in [0.05, 0.1) is 0 Å². The number of aliphatic carboxylic acids is 1. The van der Waals surface area contributed by atoms with E-state index in [1.165, 1.54) is 12.8 Å². The molecule has 1 aromatic rings. The van der Waals surface area contributed by atoms with Crippen LogP contribution in [-0.2, 0) is 25.9 Å². The number of carbonyl (C=O) groups is 1. The van der Waals surface area contributed by atoms with E-state index >= 15 is 0 Å². The molecule has 1 aliphatic carbocycles. The Balaban J connectivity index is 0. The monoisotopic (exact) mass is 475 g/mol.